The van der Waals surface area contributed by atoms with E-state index in [4.69, 9.17) is 4.74 Å². The second-order valence-electron chi connectivity index (χ2n) is 8.06. The van der Waals surface area contributed by atoms with Crippen LogP contribution in [0.4, 0.5) is 29.3 Å². The quantitative estimate of drug-likeness (QED) is 0.373. The van der Waals surface area contributed by atoms with Crippen molar-refractivity contribution in [3.05, 3.63) is 90.0 Å². The van der Waals surface area contributed by atoms with Crippen molar-refractivity contribution in [2.24, 2.45) is 0 Å². The van der Waals surface area contributed by atoms with Gasteiger partial charge in [0.2, 0.25) is 5.91 Å². The van der Waals surface area contributed by atoms with E-state index in [0.29, 0.717) is 23.1 Å². The zero-order valence-electron chi connectivity index (χ0n) is 20.3. The lowest BCUT2D eigenvalue weighted by atomic mass is 10.0. The Kier molecular flexibility index (Phi) is 8.84. The van der Waals surface area contributed by atoms with Crippen molar-refractivity contribution in [1.82, 2.24) is 10.0 Å². The summed E-state index contributed by atoms with van der Waals surface area (Å²) in [6.45, 7) is 0. The molecule has 3 N–H and O–H groups in total. The molecular weight excluding hydrogens is 525 g/mol. The van der Waals surface area contributed by atoms with Gasteiger partial charge >= 0.3 is 22.4 Å². The van der Waals surface area contributed by atoms with Gasteiger partial charge in [0.25, 0.3) is 0 Å². The van der Waals surface area contributed by atoms with Crippen LogP contribution < -0.4 is 24.4 Å². The highest BCUT2D eigenvalue weighted by atomic mass is 32.2. The van der Waals surface area contributed by atoms with Crippen LogP contribution >= 0.6 is 0 Å². The van der Waals surface area contributed by atoms with E-state index in [2.05, 4.69) is 5.32 Å². The third-order valence-corrected chi connectivity index (χ3v) is 6.32. The number of amides is 3. The summed E-state index contributed by atoms with van der Waals surface area (Å²) in [6, 6.07) is 16.6. The van der Waals surface area contributed by atoms with Crippen LogP contribution in [0.3, 0.4) is 0 Å². The van der Waals surface area contributed by atoms with E-state index in [1.807, 2.05) is 0 Å². The monoisotopic (exact) mass is 550 g/mol. The van der Waals surface area contributed by atoms with Crippen LogP contribution in [0, 0.1) is 0 Å². The van der Waals surface area contributed by atoms with Crippen LogP contribution in [-0.4, -0.2) is 40.6 Å². The van der Waals surface area contributed by atoms with Gasteiger partial charge in [-0.2, -0.15) is 21.6 Å². The summed E-state index contributed by atoms with van der Waals surface area (Å²) < 4.78 is 73.0. The van der Waals surface area contributed by atoms with Crippen LogP contribution in [0.15, 0.2) is 78.9 Å². The molecule has 3 aromatic carbocycles. The molecule has 0 aromatic heterocycles. The van der Waals surface area contributed by atoms with Crippen molar-refractivity contribution in [2.45, 2.75) is 18.6 Å². The van der Waals surface area contributed by atoms with Crippen molar-refractivity contribution in [2.75, 3.05) is 23.8 Å². The van der Waals surface area contributed by atoms with Gasteiger partial charge in [-0.3, -0.25) is 9.52 Å². The molecule has 0 aliphatic rings. The lowest BCUT2D eigenvalue weighted by molar-refractivity contribution is -0.136. The van der Waals surface area contributed by atoms with Crippen molar-refractivity contribution < 1.29 is 35.9 Å². The summed E-state index contributed by atoms with van der Waals surface area (Å²) in [5, 5.41) is 2.32. The number of benzene rings is 3. The molecule has 0 radical (unpaired) electrons. The summed E-state index contributed by atoms with van der Waals surface area (Å²) in [4.78, 5) is 27.2. The number of likely N-dealkylation sites (N-methyl/N-ethyl adjacent to an activating group) is 1. The van der Waals surface area contributed by atoms with Gasteiger partial charge in [0, 0.05) is 19.2 Å². The molecule has 0 heterocycles. The standard InChI is InChI=1S/C25H25F3N4O5S/c1-32(18-12-14-19(37-2)15-13-18)23(33)22(16-17-8-4-3-5-9-17)29-24(34)31-38(35,36)30-21-11-7-6-10-20(21)25(26,27)28/h3-15,22,30H,16H2,1-2H3,(H2,29,31,34)/t22-/m0/s1. The van der Waals surface area contributed by atoms with E-state index in [-0.39, 0.29) is 6.42 Å². The maximum Gasteiger partial charge on any atom is 0.418 e. The van der Waals surface area contributed by atoms with Gasteiger partial charge in [0.15, 0.2) is 0 Å². The van der Waals surface area contributed by atoms with Gasteiger partial charge in [-0.1, -0.05) is 42.5 Å². The Morgan fingerprint density at radius 1 is 0.947 bits per heavy atom. The fraction of sp³-hybridized carbons (Fsp3) is 0.200. The Morgan fingerprint density at radius 2 is 1.55 bits per heavy atom. The molecule has 0 aliphatic carbocycles. The van der Waals surface area contributed by atoms with Crippen LogP contribution in [-0.2, 0) is 27.6 Å². The molecule has 0 spiro atoms. The second kappa shape index (κ2) is 11.9. The number of rotatable bonds is 9. The lowest BCUT2D eigenvalue weighted by Gasteiger charge is -2.25. The number of urea groups is 1. The van der Waals surface area contributed by atoms with Gasteiger partial charge < -0.3 is 15.0 Å². The van der Waals surface area contributed by atoms with Gasteiger partial charge in [-0.15, -0.1) is 0 Å². The van der Waals surface area contributed by atoms with Crippen LogP contribution in [0.25, 0.3) is 0 Å². The SMILES string of the molecule is COc1ccc(N(C)C(=O)[C@H](Cc2ccccc2)NC(=O)NS(=O)(=O)Nc2ccccc2C(F)(F)F)cc1. The molecule has 3 rings (SSSR count). The molecule has 3 amide bonds. The van der Waals surface area contributed by atoms with E-state index in [9.17, 15) is 31.2 Å². The number of hydrogen-bond donors (Lipinski definition) is 3. The molecule has 0 bridgehead atoms. The maximum absolute atomic E-state index is 13.3. The summed E-state index contributed by atoms with van der Waals surface area (Å²) in [6.07, 6.45) is -4.82. The summed E-state index contributed by atoms with van der Waals surface area (Å²) in [7, 11) is -1.82. The zero-order valence-corrected chi connectivity index (χ0v) is 21.1. The number of carbonyl (C=O) groups is 2. The van der Waals surface area contributed by atoms with Gasteiger partial charge in [-0.25, -0.2) is 9.52 Å². The van der Waals surface area contributed by atoms with Crippen molar-refractivity contribution in [3.63, 3.8) is 0 Å². The number of hydrogen-bond acceptors (Lipinski definition) is 5. The molecule has 202 valence electrons. The highest BCUT2D eigenvalue weighted by molar-refractivity contribution is 7.91. The van der Waals surface area contributed by atoms with Crippen molar-refractivity contribution in [3.8, 4) is 5.75 Å². The first-order valence-electron chi connectivity index (χ1n) is 11.1. The number of halogens is 3. The van der Waals surface area contributed by atoms with Crippen LogP contribution in [0.1, 0.15) is 11.1 Å². The molecule has 3 aromatic rings. The van der Waals surface area contributed by atoms with Crippen molar-refractivity contribution >= 4 is 33.5 Å². The Hall–Kier alpha value is -4.26. The first-order valence-corrected chi connectivity index (χ1v) is 12.6. The molecule has 13 heteroatoms. The van der Waals surface area contributed by atoms with E-state index in [0.717, 1.165) is 12.1 Å². The molecule has 1 atom stereocenters. The van der Waals surface area contributed by atoms with Gasteiger partial charge in [0.05, 0.1) is 18.4 Å². The number of nitrogens with zero attached hydrogens (tertiary/aromatic N) is 1. The number of anilines is 2. The molecule has 0 fully saturated rings. The van der Waals surface area contributed by atoms with Gasteiger partial charge in [0.1, 0.15) is 11.8 Å². The summed E-state index contributed by atoms with van der Waals surface area (Å²) in [5.41, 5.74) is -0.844. The molecule has 9 nitrogen and oxygen atoms in total. The second-order valence-corrected chi connectivity index (χ2v) is 9.48. The molecule has 0 unspecified atom stereocenters. The highest BCUT2D eigenvalue weighted by Crippen LogP contribution is 2.34. The first kappa shape index (κ1) is 28.3. The number of alkyl halides is 3. The Balaban J connectivity index is 1.78. The average molecular weight is 551 g/mol. The first-order chi connectivity index (χ1) is 17.9. The Morgan fingerprint density at radius 3 is 2.16 bits per heavy atom. The van der Waals surface area contributed by atoms with E-state index >= 15 is 0 Å². The number of para-hydroxylation sites is 1. The number of ether oxygens (including phenoxy) is 1. The molecule has 38 heavy (non-hydrogen) atoms. The fourth-order valence-corrected chi connectivity index (χ4v) is 4.34. The van der Waals surface area contributed by atoms with E-state index in [1.54, 1.807) is 64.0 Å². The molecular formula is C25H25F3N4O5S. The largest absolute Gasteiger partial charge is 0.497 e. The summed E-state index contributed by atoms with van der Waals surface area (Å²) >= 11 is 0. The number of nitrogens with one attached hydrogen (secondary N) is 3. The minimum absolute atomic E-state index is 0.0119. The molecule has 0 saturated carbocycles. The highest BCUT2D eigenvalue weighted by Gasteiger charge is 2.34. The third kappa shape index (κ3) is 7.62. The van der Waals surface area contributed by atoms with E-state index < -0.39 is 45.6 Å². The predicted octanol–water partition coefficient (Wildman–Crippen LogP) is 3.94. The van der Waals surface area contributed by atoms with Crippen LogP contribution in [0.5, 0.6) is 5.75 Å². The minimum atomic E-state index is -4.83. The minimum Gasteiger partial charge on any atom is -0.497 e. The normalized spacial score (nSPS) is 12.2. The lowest BCUT2D eigenvalue weighted by Crippen LogP contribution is -2.53. The molecule has 0 aliphatic heterocycles. The number of methoxy groups -OCH3 is 1. The maximum atomic E-state index is 13.3. The molecule has 0 saturated heterocycles. The van der Waals surface area contributed by atoms with Crippen LogP contribution in [0.2, 0.25) is 0 Å². The van der Waals surface area contributed by atoms with Gasteiger partial charge in [-0.05, 0) is 42.0 Å². The smallest absolute Gasteiger partial charge is 0.418 e. The predicted molar refractivity (Wildman–Crippen MR) is 136 cm³/mol. The van der Waals surface area contributed by atoms with Crippen molar-refractivity contribution in [1.29, 1.82) is 0 Å². The Labute approximate surface area is 217 Å². The number of carbonyl (C=O) groups excluding carboxylic acids is 2. The third-order valence-electron chi connectivity index (χ3n) is 5.38. The topological polar surface area (TPSA) is 117 Å². The average Bonchev–Trinajstić information content (AvgIpc) is 2.87. The fourth-order valence-electron chi connectivity index (χ4n) is 3.52. The Bertz CT molecular complexity index is 1370. The van der Waals surface area contributed by atoms with E-state index in [1.165, 1.54) is 25.1 Å². The zero-order chi connectivity index (χ0) is 27.9. The summed E-state index contributed by atoms with van der Waals surface area (Å²) in [5.74, 6) is -0.000292.